The van der Waals surface area contributed by atoms with Crippen molar-refractivity contribution in [2.75, 3.05) is 5.75 Å². The van der Waals surface area contributed by atoms with Crippen molar-refractivity contribution >= 4 is 35.0 Å². The molecule has 2 aromatic heterocycles. The summed E-state index contributed by atoms with van der Waals surface area (Å²) < 4.78 is 1.45. The molecule has 0 spiro atoms. The zero-order valence-electron chi connectivity index (χ0n) is 15.0. The molecule has 8 nitrogen and oxygen atoms in total. The zero-order valence-corrected chi connectivity index (χ0v) is 16.6. The van der Waals surface area contributed by atoms with Crippen LogP contribution in [0.4, 0.5) is 0 Å². The second-order valence-electron chi connectivity index (χ2n) is 6.72. The summed E-state index contributed by atoms with van der Waals surface area (Å²) in [5, 5.41) is 16.5. The average molecular weight is 419 g/mol. The van der Waals surface area contributed by atoms with Gasteiger partial charge in [-0.1, -0.05) is 54.8 Å². The lowest BCUT2D eigenvalue weighted by atomic mass is 9.95. The second-order valence-corrected chi connectivity index (χ2v) is 8.10. The van der Waals surface area contributed by atoms with Crippen molar-refractivity contribution in [2.24, 2.45) is 0 Å². The van der Waals surface area contributed by atoms with Crippen LogP contribution in [-0.2, 0) is 4.79 Å². The number of benzene rings is 1. The van der Waals surface area contributed by atoms with E-state index in [9.17, 15) is 9.59 Å². The van der Waals surface area contributed by atoms with E-state index < -0.39 is 0 Å². The predicted octanol–water partition coefficient (Wildman–Crippen LogP) is 2.67. The van der Waals surface area contributed by atoms with Gasteiger partial charge in [0.05, 0.1) is 5.75 Å². The molecule has 146 valence electrons. The Labute approximate surface area is 170 Å². The van der Waals surface area contributed by atoms with Crippen LogP contribution >= 0.6 is 23.4 Å². The molecule has 2 N–H and O–H groups in total. The number of thioether (sulfide) groups is 1. The Bertz CT molecular complexity index is 1040. The molecule has 1 aromatic carbocycles. The van der Waals surface area contributed by atoms with Gasteiger partial charge >= 0.3 is 0 Å². The summed E-state index contributed by atoms with van der Waals surface area (Å²) >= 11 is 7.15. The number of hydrogen-bond donors (Lipinski definition) is 2. The van der Waals surface area contributed by atoms with Gasteiger partial charge in [0.2, 0.25) is 11.1 Å². The Morgan fingerprint density at radius 3 is 2.71 bits per heavy atom. The monoisotopic (exact) mass is 418 g/mol. The van der Waals surface area contributed by atoms with Crippen LogP contribution in [0.25, 0.3) is 17.0 Å². The molecule has 1 amide bonds. The Morgan fingerprint density at radius 2 is 1.96 bits per heavy atom. The topological polar surface area (TPSA) is 105 Å². The molecule has 1 aliphatic rings. The largest absolute Gasteiger partial charge is 0.353 e. The van der Waals surface area contributed by atoms with E-state index in [4.69, 9.17) is 11.6 Å². The van der Waals surface area contributed by atoms with Gasteiger partial charge in [0.1, 0.15) is 0 Å². The molecule has 0 bridgehead atoms. The van der Waals surface area contributed by atoms with Crippen LogP contribution in [0.3, 0.4) is 0 Å². The number of aromatic nitrogens is 5. The van der Waals surface area contributed by atoms with Crippen LogP contribution in [0.15, 0.2) is 34.2 Å². The van der Waals surface area contributed by atoms with E-state index in [0.717, 1.165) is 25.7 Å². The third-order valence-corrected chi connectivity index (χ3v) is 5.84. The first-order chi connectivity index (χ1) is 13.6. The number of hydrogen-bond acceptors (Lipinski definition) is 6. The van der Waals surface area contributed by atoms with E-state index in [0.29, 0.717) is 15.7 Å². The minimum atomic E-state index is -0.367. The molecule has 0 unspecified atom stereocenters. The molecule has 28 heavy (non-hydrogen) atoms. The zero-order chi connectivity index (χ0) is 19.5. The van der Waals surface area contributed by atoms with Gasteiger partial charge in [-0.05, 0) is 25.0 Å². The fourth-order valence-corrected chi connectivity index (χ4v) is 4.09. The Morgan fingerprint density at radius 1 is 1.21 bits per heavy atom. The van der Waals surface area contributed by atoms with Crippen molar-refractivity contribution in [3.8, 4) is 11.3 Å². The maximum atomic E-state index is 12.3. The Hall–Kier alpha value is -2.39. The summed E-state index contributed by atoms with van der Waals surface area (Å²) in [5.74, 6) is 0.419. The molecule has 4 rings (SSSR count). The molecule has 3 aromatic rings. The Balaban J connectivity index is 1.51. The van der Waals surface area contributed by atoms with Crippen LogP contribution in [0.1, 0.15) is 32.1 Å². The molecule has 1 fully saturated rings. The smallest absolute Gasteiger partial charge is 0.279 e. The van der Waals surface area contributed by atoms with Crippen molar-refractivity contribution in [2.45, 2.75) is 43.3 Å². The standard InChI is InChI=1S/C18H19ClN6O2S/c19-12-8-6-11(7-9-12)15-16(27)21-17-22-23-18(25(17)24-15)28-10-14(26)20-13-4-2-1-3-5-13/h6-9,13H,1-5,10H2,(H,20,26)(H,21,22,27). The van der Waals surface area contributed by atoms with Crippen LogP contribution in [0.2, 0.25) is 5.02 Å². The van der Waals surface area contributed by atoms with Gasteiger partial charge in [-0.3, -0.25) is 14.6 Å². The lowest BCUT2D eigenvalue weighted by Crippen LogP contribution is -2.37. The van der Waals surface area contributed by atoms with Gasteiger partial charge in [-0.25, -0.2) is 0 Å². The van der Waals surface area contributed by atoms with Gasteiger partial charge in [0, 0.05) is 16.6 Å². The van der Waals surface area contributed by atoms with Gasteiger partial charge in [-0.15, -0.1) is 10.2 Å². The van der Waals surface area contributed by atoms with Gasteiger partial charge < -0.3 is 5.32 Å². The molecular weight excluding hydrogens is 400 g/mol. The summed E-state index contributed by atoms with van der Waals surface area (Å²) in [7, 11) is 0. The first-order valence-corrected chi connectivity index (χ1v) is 10.5. The molecule has 1 aliphatic carbocycles. The molecule has 0 aliphatic heterocycles. The molecule has 0 atom stereocenters. The third-order valence-electron chi connectivity index (χ3n) is 4.67. The molecule has 10 heteroatoms. The normalized spacial score (nSPS) is 15.0. The first-order valence-electron chi connectivity index (χ1n) is 9.14. The number of halogens is 1. The van der Waals surface area contributed by atoms with E-state index in [1.807, 2.05) is 0 Å². The van der Waals surface area contributed by atoms with E-state index in [1.165, 1.54) is 22.7 Å². The molecule has 1 saturated carbocycles. The lowest BCUT2D eigenvalue weighted by molar-refractivity contribution is -0.119. The summed E-state index contributed by atoms with van der Waals surface area (Å²) in [6.07, 6.45) is 5.65. The Kier molecular flexibility index (Phi) is 5.63. The van der Waals surface area contributed by atoms with Gasteiger partial charge in [0.25, 0.3) is 11.3 Å². The first kappa shape index (κ1) is 18.9. The second kappa shape index (κ2) is 8.32. The number of H-pyrrole nitrogens is 1. The van der Waals surface area contributed by atoms with E-state index in [-0.39, 0.29) is 34.7 Å². The SMILES string of the molecule is O=C(CSc1nnc2[nH]c(=O)c(-c3ccc(Cl)cc3)nn12)NC1CCCCC1. The number of fused-ring (bicyclic) bond motifs is 1. The number of rotatable bonds is 5. The van der Waals surface area contributed by atoms with Crippen molar-refractivity contribution in [3.05, 3.63) is 39.6 Å². The highest BCUT2D eigenvalue weighted by atomic mass is 35.5. The summed E-state index contributed by atoms with van der Waals surface area (Å²) in [5.41, 5.74) is 0.499. The molecule has 0 saturated heterocycles. The van der Waals surface area contributed by atoms with Crippen LogP contribution in [0, 0.1) is 0 Å². The quantitative estimate of drug-likeness (QED) is 0.617. The maximum Gasteiger partial charge on any atom is 0.279 e. The van der Waals surface area contributed by atoms with Gasteiger partial charge in [-0.2, -0.15) is 9.61 Å². The van der Waals surface area contributed by atoms with Crippen molar-refractivity contribution < 1.29 is 4.79 Å². The lowest BCUT2D eigenvalue weighted by Gasteiger charge is -2.22. The van der Waals surface area contributed by atoms with Crippen molar-refractivity contribution in [1.82, 2.24) is 30.1 Å². The summed E-state index contributed by atoms with van der Waals surface area (Å²) in [4.78, 5) is 27.2. The van der Waals surface area contributed by atoms with Crippen LogP contribution in [-0.4, -0.2) is 42.5 Å². The highest BCUT2D eigenvalue weighted by Crippen LogP contribution is 2.20. The number of carbonyl (C=O) groups excluding carboxylic acids is 1. The van der Waals surface area contributed by atoms with E-state index in [1.54, 1.807) is 24.3 Å². The van der Waals surface area contributed by atoms with E-state index >= 15 is 0 Å². The summed E-state index contributed by atoms with van der Waals surface area (Å²) in [6.45, 7) is 0. The van der Waals surface area contributed by atoms with Gasteiger partial charge in [0.15, 0.2) is 5.69 Å². The fourth-order valence-electron chi connectivity index (χ4n) is 3.27. The van der Waals surface area contributed by atoms with Crippen LogP contribution < -0.4 is 10.9 Å². The maximum absolute atomic E-state index is 12.3. The minimum Gasteiger partial charge on any atom is -0.353 e. The summed E-state index contributed by atoms with van der Waals surface area (Å²) in [6, 6.07) is 7.10. The number of amides is 1. The molecule has 2 heterocycles. The number of carbonyl (C=O) groups is 1. The number of nitrogens with one attached hydrogen (secondary N) is 2. The van der Waals surface area contributed by atoms with Crippen LogP contribution in [0.5, 0.6) is 0 Å². The average Bonchev–Trinajstić information content (AvgIpc) is 3.09. The fraction of sp³-hybridized carbons (Fsp3) is 0.389. The van der Waals surface area contributed by atoms with Crippen molar-refractivity contribution in [1.29, 1.82) is 0 Å². The van der Waals surface area contributed by atoms with Crippen molar-refractivity contribution in [3.63, 3.8) is 0 Å². The minimum absolute atomic E-state index is 0.0315. The molecular formula is C18H19ClN6O2S. The number of aromatic amines is 1. The number of nitrogens with zero attached hydrogens (tertiary/aromatic N) is 4. The third kappa shape index (κ3) is 4.20. The highest BCUT2D eigenvalue weighted by molar-refractivity contribution is 7.99. The predicted molar refractivity (Wildman–Crippen MR) is 108 cm³/mol. The highest BCUT2D eigenvalue weighted by Gasteiger charge is 2.18. The molecule has 0 radical (unpaired) electrons. The van der Waals surface area contributed by atoms with E-state index in [2.05, 4.69) is 25.6 Å².